The summed E-state index contributed by atoms with van der Waals surface area (Å²) in [6.45, 7) is 0. The Morgan fingerprint density at radius 3 is 2.42 bits per heavy atom. The van der Waals surface area contributed by atoms with E-state index >= 15 is 0 Å². The van der Waals surface area contributed by atoms with Gasteiger partial charge >= 0.3 is 5.97 Å². The van der Waals surface area contributed by atoms with Gasteiger partial charge in [-0.15, -0.1) is 0 Å². The van der Waals surface area contributed by atoms with E-state index in [1.807, 2.05) is 0 Å². The third-order valence-corrected chi connectivity index (χ3v) is 3.60. The van der Waals surface area contributed by atoms with Gasteiger partial charge in [0.15, 0.2) is 0 Å². The zero-order chi connectivity index (χ0) is 17.1. The Bertz CT molecular complexity index is 895. The van der Waals surface area contributed by atoms with Crippen molar-refractivity contribution in [3.8, 4) is 22.3 Å². The first-order valence-electron chi connectivity index (χ1n) is 7.15. The van der Waals surface area contributed by atoms with Crippen molar-refractivity contribution in [3.63, 3.8) is 0 Å². The van der Waals surface area contributed by atoms with Gasteiger partial charge in [0.25, 0.3) is 0 Å². The summed E-state index contributed by atoms with van der Waals surface area (Å²) in [6, 6.07) is 11.6. The third kappa shape index (κ3) is 2.94. The monoisotopic (exact) mass is 323 g/mol. The molecule has 2 aromatic carbocycles. The zero-order valence-corrected chi connectivity index (χ0v) is 12.9. The van der Waals surface area contributed by atoms with Crippen LogP contribution in [0.4, 0.5) is 10.3 Å². The van der Waals surface area contributed by atoms with Crippen molar-refractivity contribution >= 4 is 11.9 Å². The lowest BCUT2D eigenvalue weighted by Gasteiger charge is -2.10. The molecule has 0 amide bonds. The number of carbonyl (C=O) groups is 1. The number of ether oxygens (including phenoxy) is 1. The highest BCUT2D eigenvalue weighted by Gasteiger charge is 2.14. The first-order valence-corrected chi connectivity index (χ1v) is 7.15. The van der Waals surface area contributed by atoms with Crippen molar-refractivity contribution in [2.75, 3.05) is 12.8 Å². The first-order chi connectivity index (χ1) is 11.6. The van der Waals surface area contributed by atoms with Crippen LogP contribution < -0.4 is 5.73 Å². The lowest BCUT2D eigenvalue weighted by Crippen LogP contribution is -2.03. The molecule has 1 aromatic heterocycles. The molecule has 0 radical (unpaired) electrons. The van der Waals surface area contributed by atoms with Gasteiger partial charge in [-0.1, -0.05) is 30.3 Å². The van der Waals surface area contributed by atoms with Crippen LogP contribution in [-0.2, 0) is 4.74 Å². The Balaban J connectivity index is 2.05. The van der Waals surface area contributed by atoms with E-state index in [2.05, 4.69) is 9.97 Å². The predicted octanol–water partition coefficient (Wildman–Crippen LogP) is 3.32. The molecule has 3 aromatic rings. The zero-order valence-electron chi connectivity index (χ0n) is 12.9. The Labute approximate surface area is 137 Å². The summed E-state index contributed by atoms with van der Waals surface area (Å²) in [6.07, 6.45) is 2.92. The maximum Gasteiger partial charge on any atom is 0.338 e. The van der Waals surface area contributed by atoms with Crippen LogP contribution in [0, 0.1) is 5.82 Å². The molecule has 5 nitrogen and oxygen atoms in total. The smallest absolute Gasteiger partial charge is 0.338 e. The number of nitrogens with zero attached hydrogens (tertiary/aromatic N) is 2. The molecule has 0 fully saturated rings. The molecule has 0 bridgehead atoms. The summed E-state index contributed by atoms with van der Waals surface area (Å²) in [5.74, 6) is -0.787. The van der Waals surface area contributed by atoms with E-state index in [1.54, 1.807) is 36.4 Å². The highest BCUT2D eigenvalue weighted by Crippen LogP contribution is 2.29. The van der Waals surface area contributed by atoms with Gasteiger partial charge < -0.3 is 10.5 Å². The average molecular weight is 323 g/mol. The van der Waals surface area contributed by atoms with E-state index in [0.717, 1.165) is 0 Å². The van der Waals surface area contributed by atoms with Crippen LogP contribution in [0.5, 0.6) is 0 Å². The summed E-state index contributed by atoms with van der Waals surface area (Å²) < 4.78 is 19.3. The number of benzene rings is 2. The molecular formula is C18H14FN3O2. The van der Waals surface area contributed by atoms with E-state index in [4.69, 9.17) is 10.5 Å². The van der Waals surface area contributed by atoms with Crippen LogP contribution in [-0.4, -0.2) is 23.0 Å². The fourth-order valence-electron chi connectivity index (χ4n) is 2.42. The lowest BCUT2D eigenvalue weighted by molar-refractivity contribution is 0.0601. The molecule has 0 spiro atoms. The minimum absolute atomic E-state index is 0.128. The van der Waals surface area contributed by atoms with Crippen molar-refractivity contribution in [2.45, 2.75) is 0 Å². The third-order valence-electron chi connectivity index (χ3n) is 3.60. The fraction of sp³-hybridized carbons (Fsp3) is 0.0556. The van der Waals surface area contributed by atoms with Gasteiger partial charge in [-0.25, -0.2) is 19.2 Å². The number of halogens is 1. The number of carbonyl (C=O) groups excluding carboxylic acids is 1. The molecule has 120 valence electrons. The van der Waals surface area contributed by atoms with E-state index in [1.165, 1.54) is 25.6 Å². The lowest BCUT2D eigenvalue weighted by atomic mass is 9.97. The highest BCUT2D eigenvalue weighted by atomic mass is 19.1. The first kappa shape index (κ1) is 15.6. The Morgan fingerprint density at radius 1 is 1.04 bits per heavy atom. The van der Waals surface area contributed by atoms with Gasteiger partial charge in [-0.2, -0.15) is 0 Å². The van der Waals surface area contributed by atoms with Crippen molar-refractivity contribution in [1.29, 1.82) is 0 Å². The van der Waals surface area contributed by atoms with Crippen LogP contribution >= 0.6 is 0 Å². The second-order valence-electron chi connectivity index (χ2n) is 5.06. The summed E-state index contributed by atoms with van der Waals surface area (Å²) in [5, 5.41) is 0. The summed E-state index contributed by atoms with van der Waals surface area (Å²) in [7, 11) is 1.31. The van der Waals surface area contributed by atoms with Crippen molar-refractivity contribution < 1.29 is 13.9 Å². The quantitative estimate of drug-likeness (QED) is 0.748. The second-order valence-corrected chi connectivity index (χ2v) is 5.06. The van der Waals surface area contributed by atoms with Crippen LogP contribution in [0.15, 0.2) is 54.9 Å². The van der Waals surface area contributed by atoms with Gasteiger partial charge in [-0.3, -0.25) is 0 Å². The maximum atomic E-state index is 14.5. The fourth-order valence-corrected chi connectivity index (χ4v) is 2.42. The molecule has 0 saturated carbocycles. The number of hydrogen-bond donors (Lipinski definition) is 1. The molecule has 0 unspecified atom stereocenters. The van der Waals surface area contributed by atoms with Crippen molar-refractivity contribution in [1.82, 2.24) is 9.97 Å². The molecule has 24 heavy (non-hydrogen) atoms. The van der Waals surface area contributed by atoms with E-state index in [-0.39, 0.29) is 5.95 Å². The summed E-state index contributed by atoms with van der Waals surface area (Å²) in [5.41, 5.74) is 7.88. The number of hydrogen-bond acceptors (Lipinski definition) is 5. The number of anilines is 1. The number of esters is 1. The molecule has 0 atom stereocenters. The summed E-state index contributed by atoms with van der Waals surface area (Å²) >= 11 is 0. The normalized spacial score (nSPS) is 10.4. The molecule has 3 rings (SSSR count). The van der Waals surface area contributed by atoms with Crippen LogP contribution in [0.3, 0.4) is 0 Å². The molecular weight excluding hydrogens is 309 g/mol. The maximum absolute atomic E-state index is 14.5. The number of nitrogen functional groups attached to an aromatic ring is 1. The molecule has 0 aliphatic heterocycles. The summed E-state index contributed by atoms with van der Waals surface area (Å²) in [4.78, 5) is 19.6. The highest BCUT2D eigenvalue weighted by molar-refractivity contribution is 5.97. The van der Waals surface area contributed by atoms with Crippen molar-refractivity contribution in [3.05, 3.63) is 66.2 Å². The average Bonchev–Trinajstić information content (AvgIpc) is 2.62. The van der Waals surface area contributed by atoms with Crippen LogP contribution in [0.2, 0.25) is 0 Å². The second kappa shape index (κ2) is 6.45. The Morgan fingerprint density at radius 2 is 1.75 bits per heavy atom. The number of nitrogens with two attached hydrogens (primary N) is 1. The number of rotatable bonds is 3. The van der Waals surface area contributed by atoms with Gasteiger partial charge in [0, 0.05) is 23.5 Å². The van der Waals surface area contributed by atoms with E-state index in [0.29, 0.717) is 27.8 Å². The Kier molecular flexibility index (Phi) is 4.20. The predicted molar refractivity (Wildman–Crippen MR) is 88.6 cm³/mol. The van der Waals surface area contributed by atoms with Gasteiger partial charge in [-0.05, 0) is 23.3 Å². The van der Waals surface area contributed by atoms with Gasteiger partial charge in [0.2, 0.25) is 5.95 Å². The Hall–Kier alpha value is -3.28. The molecule has 6 heteroatoms. The van der Waals surface area contributed by atoms with Crippen LogP contribution in [0.1, 0.15) is 10.4 Å². The van der Waals surface area contributed by atoms with Gasteiger partial charge in [0.1, 0.15) is 5.82 Å². The minimum atomic E-state index is -0.470. The standard InChI is InChI=1S/C18H14FN3O2/c1-24-17(23)15-5-3-2-4-13(15)11-6-7-14(16(19)8-11)12-9-21-18(20)22-10-12/h2-10H,1H3,(H2,20,21,22). The van der Waals surface area contributed by atoms with Crippen LogP contribution in [0.25, 0.3) is 22.3 Å². The molecule has 1 heterocycles. The van der Waals surface area contributed by atoms with Gasteiger partial charge in [0.05, 0.1) is 12.7 Å². The van der Waals surface area contributed by atoms with Crippen molar-refractivity contribution in [2.24, 2.45) is 0 Å². The largest absolute Gasteiger partial charge is 0.465 e. The molecule has 2 N–H and O–H groups in total. The number of aromatic nitrogens is 2. The SMILES string of the molecule is COC(=O)c1ccccc1-c1ccc(-c2cnc(N)nc2)c(F)c1. The molecule has 0 aliphatic carbocycles. The van der Waals surface area contributed by atoms with E-state index < -0.39 is 11.8 Å². The number of methoxy groups -OCH3 is 1. The minimum Gasteiger partial charge on any atom is -0.465 e. The van der Waals surface area contributed by atoms with E-state index in [9.17, 15) is 9.18 Å². The molecule has 0 saturated heterocycles. The topological polar surface area (TPSA) is 78.1 Å². The molecule has 0 aliphatic rings.